The van der Waals surface area contributed by atoms with Crippen molar-refractivity contribution in [1.29, 1.82) is 0 Å². The molecule has 0 fully saturated rings. The van der Waals surface area contributed by atoms with Crippen LogP contribution in [0.2, 0.25) is 0 Å². The molecule has 0 bridgehead atoms. The van der Waals surface area contributed by atoms with Crippen LogP contribution in [0.4, 0.5) is 0 Å². The number of rotatable bonds is 2. The van der Waals surface area contributed by atoms with E-state index < -0.39 is 0 Å². The van der Waals surface area contributed by atoms with E-state index >= 15 is 0 Å². The van der Waals surface area contributed by atoms with Crippen molar-refractivity contribution in [2.45, 2.75) is 0 Å². The number of hydrogen-bond acceptors (Lipinski definition) is 8. The van der Waals surface area contributed by atoms with Gasteiger partial charge in [-0.15, -0.1) is 22.7 Å². The van der Waals surface area contributed by atoms with Crippen molar-refractivity contribution in [3.63, 3.8) is 0 Å². The van der Waals surface area contributed by atoms with E-state index in [-0.39, 0.29) is 0 Å². The first kappa shape index (κ1) is 15.7. The van der Waals surface area contributed by atoms with Gasteiger partial charge in [-0.2, -0.15) is 0 Å². The van der Waals surface area contributed by atoms with Crippen molar-refractivity contribution < 1.29 is 0 Å². The third-order valence-electron chi connectivity index (χ3n) is 4.46. The summed E-state index contributed by atoms with van der Waals surface area (Å²) in [6.45, 7) is 0. The minimum absolute atomic E-state index is 0.708. The maximum Gasteiger partial charge on any atom is 0.172 e. The van der Waals surface area contributed by atoms with Crippen molar-refractivity contribution in [1.82, 2.24) is 29.9 Å². The van der Waals surface area contributed by atoms with E-state index in [2.05, 4.69) is 49.2 Å². The quantitative estimate of drug-likeness (QED) is 0.383. The minimum Gasteiger partial charge on any atom is -0.264 e. The number of nitrogens with zero attached hydrogens (tertiary/aromatic N) is 6. The lowest BCUT2D eigenvalue weighted by Gasteiger charge is -2.03. The molecule has 0 saturated heterocycles. The Balaban J connectivity index is 1.44. The van der Waals surface area contributed by atoms with Crippen LogP contribution in [0.3, 0.4) is 0 Å². The molecule has 0 aliphatic rings. The molecular weight excluding hydrogens is 388 g/mol. The van der Waals surface area contributed by atoms with E-state index in [4.69, 9.17) is 4.98 Å². The van der Waals surface area contributed by atoms with Gasteiger partial charge in [-0.1, -0.05) is 0 Å². The molecule has 0 N–H and O–H groups in total. The fourth-order valence-corrected chi connectivity index (χ4v) is 5.46. The molecule has 0 aliphatic heterocycles. The summed E-state index contributed by atoms with van der Waals surface area (Å²) in [6, 6.07) is 10.4. The first-order valence-corrected chi connectivity index (χ1v) is 10.1. The van der Waals surface area contributed by atoms with E-state index in [0.29, 0.717) is 5.82 Å². The SMILES string of the molecule is c1cc2nc3cc(-c4cc5sc(-c6ncncn6)cc5s4)ncc3cc2cn1. The van der Waals surface area contributed by atoms with E-state index in [0.717, 1.165) is 37.3 Å². The van der Waals surface area contributed by atoms with Crippen molar-refractivity contribution in [2.24, 2.45) is 0 Å². The average molecular weight is 398 g/mol. The largest absolute Gasteiger partial charge is 0.264 e. The molecule has 0 saturated carbocycles. The van der Waals surface area contributed by atoms with E-state index in [1.807, 2.05) is 18.5 Å². The third kappa shape index (κ3) is 2.54. The predicted molar refractivity (Wildman–Crippen MR) is 112 cm³/mol. The van der Waals surface area contributed by atoms with Gasteiger partial charge in [-0.25, -0.2) is 19.9 Å². The van der Waals surface area contributed by atoms with Crippen molar-refractivity contribution >= 4 is 53.9 Å². The van der Waals surface area contributed by atoms with Gasteiger partial charge in [0.2, 0.25) is 0 Å². The third-order valence-corrected chi connectivity index (χ3v) is 6.78. The fourth-order valence-electron chi connectivity index (χ4n) is 3.15. The Bertz CT molecular complexity index is 1440. The minimum atomic E-state index is 0.708. The molecule has 6 nitrogen and oxygen atoms in total. The lowest BCUT2D eigenvalue weighted by atomic mass is 10.2. The molecule has 6 rings (SSSR count). The zero-order valence-electron chi connectivity index (χ0n) is 14.3. The second-order valence-corrected chi connectivity index (χ2v) is 8.40. The number of aromatic nitrogens is 6. The summed E-state index contributed by atoms with van der Waals surface area (Å²) in [5, 5.41) is 2.03. The number of thiophene rings is 2. The Labute approximate surface area is 166 Å². The molecule has 0 aromatic carbocycles. The van der Waals surface area contributed by atoms with Gasteiger partial charge in [-0.05, 0) is 30.3 Å². The number of pyridine rings is 3. The van der Waals surface area contributed by atoms with E-state index in [9.17, 15) is 0 Å². The van der Waals surface area contributed by atoms with Crippen LogP contribution in [0.25, 0.3) is 52.5 Å². The van der Waals surface area contributed by atoms with Crippen LogP contribution >= 0.6 is 22.7 Å². The van der Waals surface area contributed by atoms with Crippen LogP contribution < -0.4 is 0 Å². The molecule has 0 unspecified atom stereocenters. The van der Waals surface area contributed by atoms with Crippen LogP contribution in [-0.2, 0) is 0 Å². The summed E-state index contributed by atoms with van der Waals surface area (Å²) in [5.74, 6) is 0.708. The summed E-state index contributed by atoms with van der Waals surface area (Å²) in [7, 11) is 0. The summed E-state index contributed by atoms with van der Waals surface area (Å²) in [5.41, 5.74) is 2.81. The molecule has 6 aromatic rings. The van der Waals surface area contributed by atoms with Crippen LogP contribution in [0, 0.1) is 0 Å². The van der Waals surface area contributed by atoms with Gasteiger partial charge in [0, 0.05) is 38.8 Å². The first-order valence-electron chi connectivity index (χ1n) is 8.50. The van der Waals surface area contributed by atoms with Crippen LogP contribution in [0.15, 0.2) is 61.6 Å². The van der Waals surface area contributed by atoms with Gasteiger partial charge in [0.25, 0.3) is 0 Å². The Morgan fingerprint density at radius 3 is 2.36 bits per heavy atom. The molecule has 0 spiro atoms. The molecule has 0 atom stereocenters. The van der Waals surface area contributed by atoms with Crippen LogP contribution in [-0.4, -0.2) is 29.9 Å². The highest BCUT2D eigenvalue weighted by Gasteiger charge is 2.12. The summed E-state index contributed by atoms with van der Waals surface area (Å²) < 4.78 is 2.41. The Morgan fingerprint density at radius 1 is 0.679 bits per heavy atom. The first-order chi connectivity index (χ1) is 13.8. The maximum absolute atomic E-state index is 4.76. The summed E-state index contributed by atoms with van der Waals surface area (Å²) in [4.78, 5) is 28.1. The highest BCUT2D eigenvalue weighted by molar-refractivity contribution is 7.31. The highest BCUT2D eigenvalue weighted by atomic mass is 32.1. The Morgan fingerprint density at radius 2 is 1.46 bits per heavy atom. The molecule has 28 heavy (non-hydrogen) atoms. The van der Waals surface area contributed by atoms with Gasteiger partial charge in [-0.3, -0.25) is 9.97 Å². The standard InChI is InChI=1S/C20H10N6S2/c1-2-21-7-11-3-12-8-23-15(4-14(12)26-13(1)11)16-5-17-18(27-16)6-19(28-17)20-24-9-22-10-25-20/h1-10H. The molecule has 6 heterocycles. The number of hydrogen-bond donors (Lipinski definition) is 0. The topological polar surface area (TPSA) is 77.3 Å². The normalized spacial score (nSPS) is 11.6. The Hall–Kier alpha value is -3.36. The zero-order valence-corrected chi connectivity index (χ0v) is 15.9. The van der Waals surface area contributed by atoms with E-state index in [1.54, 1.807) is 28.9 Å². The second-order valence-electron chi connectivity index (χ2n) is 6.23. The molecule has 132 valence electrons. The van der Waals surface area contributed by atoms with Gasteiger partial charge >= 0.3 is 0 Å². The summed E-state index contributed by atoms with van der Waals surface area (Å²) >= 11 is 3.40. The smallest absolute Gasteiger partial charge is 0.172 e. The lowest BCUT2D eigenvalue weighted by Crippen LogP contribution is -1.87. The predicted octanol–water partition coefficient (Wildman–Crippen LogP) is 4.97. The van der Waals surface area contributed by atoms with Crippen molar-refractivity contribution in [3.8, 4) is 21.3 Å². The monoisotopic (exact) mass is 398 g/mol. The van der Waals surface area contributed by atoms with E-state index in [1.165, 1.54) is 22.1 Å². The van der Waals surface area contributed by atoms with Crippen LogP contribution in [0.1, 0.15) is 0 Å². The fraction of sp³-hybridized carbons (Fsp3) is 0. The van der Waals surface area contributed by atoms with Gasteiger partial charge in [0.05, 0.1) is 26.5 Å². The van der Waals surface area contributed by atoms with Crippen LogP contribution in [0.5, 0.6) is 0 Å². The zero-order chi connectivity index (χ0) is 18.5. The molecule has 0 amide bonds. The van der Waals surface area contributed by atoms with Gasteiger partial charge in [0.1, 0.15) is 12.7 Å². The van der Waals surface area contributed by atoms with Gasteiger partial charge in [0.15, 0.2) is 5.82 Å². The highest BCUT2D eigenvalue weighted by Crippen LogP contribution is 2.40. The molecule has 0 aliphatic carbocycles. The maximum atomic E-state index is 4.76. The molecular formula is C20H10N6S2. The van der Waals surface area contributed by atoms with Gasteiger partial charge < -0.3 is 0 Å². The summed E-state index contributed by atoms with van der Waals surface area (Å²) in [6.07, 6.45) is 8.52. The van der Waals surface area contributed by atoms with Crippen molar-refractivity contribution in [3.05, 3.63) is 61.6 Å². The molecule has 8 heteroatoms. The second kappa shape index (κ2) is 6.08. The Kier molecular flexibility index (Phi) is 3.40. The number of fused-ring (bicyclic) bond motifs is 3. The molecule has 6 aromatic heterocycles. The van der Waals surface area contributed by atoms with Crippen molar-refractivity contribution in [2.75, 3.05) is 0 Å². The molecule has 0 radical (unpaired) electrons. The average Bonchev–Trinajstić information content (AvgIpc) is 3.32. The lowest BCUT2D eigenvalue weighted by molar-refractivity contribution is 1.06.